The molecule has 4 aromatic rings. The molecule has 1 atom stereocenters. The lowest BCUT2D eigenvalue weighted by molar-refractivity contribution is 0.0449. The summed E-state index contributed by atoms with van der Waals surface area (Å²) in [5, 5.41) is 0.777. The van der Waals surface area contributed by atoms with E-state index in [9.17, 15) is 9.18 Å². The van der Waals surface area contributed by atoms with Gasteiger partial charge in [0.1, 0.15) is 13.2 Å². The Morgan fingerprint density at radius 1 is 0.971 bits per heavy atom. The molecular formula is C30H26FNO3. The number of fused-ring (bicyclic) bond motifs is 2. The molecule has 0 aliphatic heterocycles. The fourth-order valence-corrected chi connectivity index (χ4v) is 4.64. The Morgan fingerprint density at radius 2 is 1.71 bits per heavy atom. The van der Waals surface area contributed by atoms with Crippen LogP contribution in [0.3, 0.4) is 0 Å². The minimum absolute atomic E-state index is 0.0147. The molecule has 0 bridgehead atoms. The second kappa shape index (κ2) is 10.1. The van der Waals surface area contributed by atoms with Crippen molar-refractivity contribution >= 4 is 28.5 Å². The SMILES string of the molecule is CC1CC(=Cc2ccccc2)c2nc3ccccc3c(C(=O)OCCOc3ccccc3F)c2C1. The second-order valence-corrected chi connectivity index (χ2v) is 8.84. The summed E-state index contributed by atoms with van der Waals surface area (Å²) in [6.07, 6.45) is 3.79. The number of para-hydroxylation sites is 2. The number of aromatic nitrogens is 1. The molecule has 1 heterocycles. The fourth-order valence-electron chi connectivity index (χ4n) is 4.64. The first kappa shape index (κ1) is 22.8. The standard InChI is InChI=1S/C30H26FNO3/c1-20-17-22(19-21-9-3-2-4-10-21)29-24(18-20)28(23-11-5-7-13-26(23)32-29)30(33)35-16-15-34-27-14-8-6-12-25(27)31/h2-14,19-20H,15-18H2,1H3. The summed E-state index contributed by atoms with van der Waals surface area (Å²) in [4.78, 5) is 18.4. The van der Waals surface area contributed by atoms with Crippen LogP contribution >= 0.6 is 0 Å². The average molecular weight is 468 g/mol. The molecule has 5 heteroatoms. The average Bonchev–Trinajstić information content (AvgIpc) is 2.87. The van der Waals surface area contributed by atoms with Gasteiger partial charge < -0.3 is 9.47 Å². The molecule has 1 aliphatic rings. The van der Waals surface area contributed by atoms with Crippen LogP contribution in [-0.4, -0.2) is 24.2 Å². The first-order chi connectivity index (χ1) is 17.1. The lowest BCUT2D eigenvalue weighted by Crippen LogP contribution is -2.20. The summed E-state index contributed by atoms with van der Waals surface area (Å²) in [6.45, 7) is 2.27. The Balaban J connectivity index is 1.47. The largest absolute Gasteiger partial charge is 0.487 e. The van der Waals surface area contributed by atoms with E-state index in [0.717, 1.165) is 46.1 Å². The first-order valence-electron chi connectivity index (χ1n) is 11.8. The predicted octanol–water partition coefficient (Wildman–Crippen LogP) is 6.73. The molecule has 176 valence electrons. The van der Waals surface area contributed by atoms with Gasteiger partial charge in [-0.2, -0.15) is 0 Å². The molecule has 0 N–H and O–H groups in total. The number of hydrogen-bond donors (Lipinski definition) is 0. The highest BCUT2D eigenvalue weighted by Gasteiger charge is 2.28. The Kier molecular flexibility index (Phi) is 6.57. The quantitative estimate of drug-likeness (QED) is 0.233. The summed E-state index contributed by atoms with van der Waals surface area (Å²) in [5.41, 5.74) is 5.32. The van der Waals surface area contributed by atoms with E-state index in [1.807, 2.05) is 42.5 Å². The van der Waals surface area contributed by atoms with E-state index in [1.165, 1.54) is 6.07 Å². The molecule has 0 radical (unpaired) electrons. The van der Waals surface area contributed by atoms with Crippen LogP contribution in [0.15, 0.2) is 78.9 Å². The van der Waals surface area contributed by atoms with E-state index in [2.05, 4.69) is 25.1 Å². The summed E-state index contributed by atoms with van der Waals surface area (Å²) >= 11 is 0. The highest BCUT2D eigenvalue weighted by Crippen LogP contribution is 2.38. The number of allylic oxidation sites excluding steroid dienone is 1. The minimum atomic E-state index is -0.445. The van der Waals surface area contributed by atoms with Crippen LogP contribution in [0.25, 0.3) is 22.6 Å². The molecule has 35 heavy (non-hydrogen) atoms. The van der Waals surface area contributed by atoms with E-state index in [-0.39, 0.29) is 19.0 Å². The van der Waals surface area contributed by atoms with Crippen molar-refractivity contribution in [3.8, 4) is 5.75 Å². The minimum Gasteiger partial charge on any atom is -0.487 e. The summed E-state index contributed by atoms with van der Waals surface area (Å²) in [6, 6.07) is 24.0. The van der Waals surface area contributed by atoms with Gasteiger partial charge in [0, 0.05) is 5.39 Å². The molecule has 4 nitrogen and oxygen atoms in total. The van der Waals surface area contributed by atoms with Crippen LogP contribution in [0.2, 0.25) is 0 Å². The van der Waals surface area contributed by atoms with Crippen molar-refractivity contribution in [2.24, 2.45) is 5.92 Å². The highest BCUT2D eigenvalue weighted by atomic mass is 19.1. The molecule has 1 aliphatic carbocycles. The topological polar surface area (TPSA) is 48.4 Å². The number of hydrogen-bond acceptors (Lipinski definition) is 4. The third-order valence-electron chi connectivity index (χ3n) is 6.17. The Hall–Kier alpha value is -3.99. The molecule has 0 saturated carbocycles. The van der Waals surface area contributed by atoms with Gasteiger partial charge in [0.05, 0.1) is 16.8 Å². The molecule has 1 aromatic heterocycles. The Labute approximate surface area is 204 Å². The van der Waals surface area contributed by atoms with Gasteiger partial charge in [0.15, 0.2) is 11.6 Å². The van der Waals surface area contributed by atoms with Gasteiger partial charge in [-0.15, -0.1) is 0 Å². The number of rotatable bonds is 6. The first-order valence-corrected chi connectivity index (χ1v) is 11.8. The summed E-state index contributed by atoms with van der Waals surface area (Å²) in [7, 11) is 0. The van der Waals surface area contributed by atoms with Crippen LogP contribution in [0.4, 0.5) is 4.39 Å². The normalized spacial score (nSPS) is 16.2. The molecule has 0 saturated heterocycles. The maximum atomic E-state index is 13.8. The van der Waals surface area contributed by atoms with Gasteiger partial charge >= 0.3 is 5.97 Å². The van der Waals surface area contributed by atoms with Crippen molar-refractivity contribution in [1.29, 1.82) is 0 Å². The number of nitrogens with zero attached hydrogens (tertiary/aromatic N) is 1. The molecule has 3 aromatic carbocycles. The van der Waals surface area contributed by atoms with Gasteiger partial charge in [-0.1, -0.05) is 67.6 Å². The zero-order chi connectivity index (χ0) is 24.2. The maximum Gasteiger partial charge on any atom is 0.339 e. The van der Waals surface area contributed by atoms with Gasteiger partial charge in [0.2, 0.25) is 0 Å². The van der Waals surface area contributed by atoms with Crippen LogP contribution in [0.1, 0.15) is 40.5 Å². The van der Waals surface area contributed by atoms with Gasteiger partial charge in [-0.25, -0.2) is 14.2 Å². The van der Waals surface area contributed by atoms with Crippen LogP contribution in [-0.2, 0) is 11.2 Å². The third kappa shape index (κ3) is 4.94. The van der Waals surface area contributed by atoms with Gasteiger partial charge in [-0.05, 0) is 59.7 Å². The summed E-state index contributed by atoms with van der Waals surface area (Å²) in [5.74, 6) is -0.360. The van der Waals surface area contributed by atoms with Crippen LogP contribution in [0, 0.1) is 11.7 Å². The van der Waals surface area contributed by atoms with Gasteiger partial charge in [0.25, 0.3) is 0 Å². The number of pyridine rings is 1. The third-order valence-corrected chi connectivity index (χ3v) is 6.17. The molecule has 5 rings (SSSR count). The smallest absolute Gasteiger partial charge is 0.339 e. The highest BCUT2D eigenvalue weighted by molar-refractivity contribution is 6.06. The van der Waals surface area contributed by atoms with E-state index in [1.54, 1.807) is 18.2 Å². The Bertz CT molecular complexity index is 1400. The molecule has 1 unspecified atom stereocenters. The molecule has 0 spiro atoms. The van der Waals surface area contributed by atoms with Gasteiger partial charge in [-0.3, -0.25) is 0 Å². The van der Waals surface area contributed by atoms with Crippen molar-refractivity contribution in [1.82, 2.24) is 4.98 Å². The molecular weight excluding hydrogens is 441 g/mol. The van der Waals surface area contributed by atoms with Crippen molar-refractivity contribution in [3.63, 3.8) is 0 Å². The van der Waals surface area contributed by atoms with Crippen molar-refractivity contribution in [3.05, 3.63) is 107 Å². The molecule has 0 fully saturated rings. The number of ether oxygens (including phenoxy) is 2. The Morgan fingerprint density at radius 3 is 2.54 bits per heavy atom. The summed E-state index contributed by atoms with van der Waals surface area (Å²) < 4.78 is 24.9. The number of carbonyl (C=O) groups is 1. The zero-order valence-electron chi connectivity index (χ0n) is 19.5. The van der Waals surface area contributed by atoms with Crippen LogP contribution in [0.5, 0.6) is 5.75 Å². The predicted molar refractivity (Wildman–Crippen MR) is 136 cm³/mol. The van der Waals surface area contributed by atoms with Crippen LogP contribution < -0.4 is 4.74 Å². The number of esters is 1. The number of halogens is 1. The van der Waals surface area contributed by atoms with E-state index in [4.69, 9.17) is 14.5 Å². The lowest BCUT2D eigenvalue weighted by atomic mass is 9.80. The lowest BCUT2D eigenvalue weighted by Gasteiger charge is -2.26. The number of carbonyl (C=O) groups excluding carboxylic acids is 1. The maximum absolute atomic E-state index is 13.8. The number of benzene rings is 3. The van der Waals surface area contributed by atoms with Crippen molar-refractivity contribution in [2.75, 3.05) is 13.2 Å². The fraction of sp³-hybridized carbons (Fsp3) is 0.200. The van der Waals surface area contributed by atoms with E-state index >= 15 is 0 Å². The second-order valence-electron chi connectivity index (χ2n) is 8.84. The zero-order valence-corrected chi connectivity index (χ0v) is 19.5. The van der Waals surface area contributed by atoms with Crippen molar-refractivity contribution < 1.29 is 18.7 Å². The molecule has 0 amide bonds. The van der Waals surface area contributed by atoms with E-state index in [0.29, 0.717) is 11.5 Å². The monoisotopic (exact) mass is 467 g/mol. The van der Waals surface area contributed by atoms with E-state index < -0.39 is 11.8 Å². The van der Waals surface area contributed by atoms with Crippen molar-refractivity contribution in [2.45, 2.75) is 19.8 Å².